The van der Waals surface area contributed by atoms with E-state index in [1.54, 1.807) is 0 Å². The Kier molecular flexibility index (Phi) is 3.70. The number of rotatable bonds is 3. The van der Waals surface area contributed by atoms with Crippen LogP contribution in [0.2, 0.25) is 0 Å². The van der Waals surface area contributed by atoms with Crippen molar-refractivity contribution in [2.75, 3.05) is 0 Å². The van der Waals surface area contributed by atoms with Crippen molar-refractivity contribution >= 4 is 11.3 Å². The first-order chi connectivity index (χ1) is 7.61. The third-order valence-electron chi connectivity index (χ3n) is 3.72. The lowest BCUT2D eigenvalue weighted by molar-refractivity contribution is 0.236. The maximum absolute atomic E-state index is 6.54. The molecule has 1 aromatic rings. The van der Waals surface area contributed by atoms with E-state index < -0.39 is 0 Å². The van der Waals surface area contributed by atoms with E-state index in [2.05, 4.69) is 26.0 Å². The van der Waals surface area contributed by atoms with Gasteiger partial charge in [0, 0.05) is 15.3 Å². The number of nitrogens with two attached hydrogens (primary N) is 1. The Morgan fingerprint density at radius 2 is 2.19 bits per heavy atom. The summed E-state index contributed by atoms with van der Waals surface area (Å²) in [7, 11) is 0. The Hall–Kier alpha value is -0.340. The molecule has 90 valence electrons. The van der Waals surface area contributed by atoms with Gasteiger partial charge < -0.3 is 5.73 Å². The second-order valence-corrected chi connectivity index (χ2v) is 6.72. The van der Waals surface area contributed by atoms with Crippen molar-refractivity contribution in [1.82, 2.24) is 0 Å². The van der Waals surface area contributed by atoms with Crippen LogP contribution in [0.3, 0.4) is 0 Å². The van der Waals surface area contributed by atoms with Crippen LogP contribution in [0.1, 0.15) is 49.3 Å². The van der Waals surface area contributed by atoms with Crippen molar-refractivity contribution in [3.63, 3.8) is 0 Å². The molecule has 0 spiro atoms. The molecule has 0 saturated heterocycles. The lowest BCUT2D eigenvalue weighted by Crippen LogP contribution is -2.45. The minimum Gasteiger partial charge on any atom is -0.325 e. The van der Waals surface area contributed by atoms with Crippen molar-refractivity contribution < 1.29 is 0 Å². The minimum atomic E-state index is 0.0769. The first-order valence-electron chi connectivity index (χ1n) is 6.48. The summed E-state index contributed by atoms with van der Waals surface area (Å²) in [5, 5.41) is 0. The van der Waals surface area contributed by atoms with Gasteiger partial charge in [-0.05, 0) is 43.7 Å². The Labute approximate surface area is 103 Å². The van der Waals surface area contributed by atoms with E-state index in [0.29, 0.717) is 0 Å². The Balaban J connectivity index is 2.02. The fraction of sp³-hybridized carbons (Fsp3) is 0.714. The van der Waals surface area contributed by atoms with Gasteiger partial charge in [-0.3, -0.25) is 0 Å². The second-order valence-electron chi connectivity index (χ2n) is 5.46. The van der Waals surface area contributed by atoms with Crippen LogP contribution in [-0.2, 0) is 12.8 Å². The van der Waals surface area contributed by atoms with Gasteiger partial charge in [0.1, 0.15) is 0 Å². The maximum atomic E-state index is 6.54. The normalized spacial score (nSPS) is 30.6. The smallest absolute Gasteiger partial charge is 0.0205 e. The highest BCUT2D eigenvalue weighted by molar-refractivity contribution is 7.12. The van der Waals surface area contributed by atoms with Crippen LogP contribution >= 0.6 is 11.3 Å². The standard InChI is InChI=1S/C14H23NS/c1-3-12-6-7-13(16-12)10-14(15)8-4-5-11(2)9-14/h6-7,11H,3-5,8-10,15H2,1-2H3. The van der Waals surface area contributed by atoms with E-state index >= 15 is 0 Å². The van der Waals surface area contributed by atoms with Gasteiger partial charge in [0.15, 0.2) is 0 Å². The predicted octanol–water partition coefficient (Wildman–Crippen LogP) is 3.76. The molecule has 1 saturated carbocycles. The monoisotopic (exact) mass is 237 g/mol. The summed E-state index contributed by atoms with van der Waals surface area (Å²) in [5.74, 6) is 0.810. The zero-order valence-electron chi connectivity index (χ0n) is 10.5. The molecule has 16 heavy (non-hydrogen) atoms. The van der Waals surface area contributed by atoms with Crippen molar-refractivity contribution in [3.05, 3.63) is 21.9 Å². The van der Waals surface area contributed by atoms with E-state index in [0.717, 1.165) is 18.8 Å². The van der Waals surface area contributed by atoms with Gasteiger partial charge in [0.2, 0.25) is 0 Å². The van der Waals surface area contributed by atoms with Crippen LogP contribution in [0.15, 0.2) is 12.1 Å². The average molecular weight is 237 g/mol. The molecular formula is C14H23NS. The van der Waals surface area contributed by atoms with Crippen molar-refractivity contribution in [1.29, 1.82) is 0 Å². The van der Waals surface area contributed by atoms with Gasteiger partial charge in [0.25, 0.3) is 0 Å². The quantitative estimate of drug-likeness (QED) is 0.851. The summed E-state index contributed by atoms with van der Waals surface area (Å²) in [4.78, 5) is 2.97. The Morgan fingerprint density at radius 1 is 1.44 bits per heavy atom. The van der Waals surface area contributed by atoms with Crippen LogP contribution in [0, 0.1) is 5.92 Å². The molecule has 0 aliphatic heterocycles. The van der Waals surface area contributed by atoms with Crippen molar-refractivity contribution in [2.24, 2.45) is 11.7 Å². The molecule has 1 nitrogen and oxygen atoms in total. The van der Waals surface area contributed by atoms with E-state index in [1.165, 1.54) is 35.4 Å². The third kappa shape index (κ3) is 2.86. The van der Waals surface area contributed by atoms with Crippen LogP contribution in [-0.4, -0.2) is 5.54 Å². The number of aryl methyl sites for hydroxylation is 1. The Bertz CT molecular complexity index is 344. The number of hydrogen-bond donors (Lipinski definition) is 1. The van der Waals surface area contributed by atoms with Crippen molar-refractivity contribution in [3.8, 4) is 0 Å². The van der Waals surface area contributed by atoms with Gasteiger partial charge in [-0.15, -0.1) is 11.3 Å². The fourth-order valence-electron chi connectivity index (χ4n) is 2.92. The molecular weight excluding hydrogens is 214 g/mol. The molecule has 1 heterocycles. The Morgan fingerprint density at radius 3 is 2.81 bits per heavy atom. The summed E-state index contributed by atoms with van der Waals surface area (Å²) in [6.07, 6.45) is 7.32. The second kappa shape index (κ2) is 4.89. The van der Waals surface area contributed by atoms with Crippen molar-refractivity contribution in [2.45, 2.75) is 57.9 Å². The minimum absolute atomic E-state index is 0.0769. The highest BCUT2D eigenvalue weighted by Crippen LogP contribution is 2.34. The number of hydrogen-bond acceptors (Lipinski definition) is 2. The molecule has 2 heteroatoms. The zero-order valence-corrected chi connectivity index (χ0v) is 11.3. The molecule has 2 rings (SSSR count). The topological polar surface area (TPSA) is 26.0 Å². The molecule has 2 N–H and O–H groups in total. The average Bonchev–Trinajstić information content (AvgIpc) is 2.64. The lowest BCUT2D eigenvalue weighted by atomic mass is 9.75. The molecule has 1 aromatic heterocycles. The molecule has 0 bridgehead atoms. The third-order valence-corrected chi connectivity index (χ3v) is 4.95. The largest absolute Gasteiger partial charge is 0.325 e. The summed E-state index contributed by atoms with van der Waals surface area (Å²) in [5.41, 5.74) is 6.62. The molecule has 0 aromatic carbocycles. The zero-order chi connectivity index (χ0) is 11.6. The molecule has 0 radical (unpaired) electrons. The van der Waals surface area contributed by atoms with E-state index in [4.69, 9.17) is 5.73 Å². The summed E-state index contributed by atoms with van der Waals surface area (Å²) >= 11 is 1.95. The molecule has 0 amide bonds. The first-order valence-corrected chi connectivity index (χ1v) is 7.29. The molecule has 2 atom stereocenters. The van der Waals surface area contributed by atoms with Crippen LogP contribution in [0.25, 0.3) is 0 Å². The number of thiophene rings is 1. The molecule has 1 fully saturated rings. The van der Waals surface area contributed by atoms with Crippen LogP contribution < -0.4 is 5.73 Å². The summed E-state index contributed by atoms with van der Waals surface area (Å²) < 4.78 is 0. The lowest BCUT2D eigenvalue weighted by Gasteiger charge is -2.36. The fourth-order valence-corrected chi connectivity index (χ4v) is 4.03. The SMILES string of the molecule is CCc1ccc(CC2(N)CCCC(C)C2)s1. The van der Waals surface area contributed by atoms with E-state index in [9.17, 15) is 0 Å². The van der Waals surface area contributed by atoms with Crippen LogP contribution in [0.5, 0.6) is 0 Å². The maximum Gasteiger partial charge on any atom is 0.0205 e. The molecule has 1 aliphatic rings. The van der Waals surface area contributed by atoms with E-state index in [1.807, 2.05) is 11.3 Å². The van der Waals surface area contributed by atoms with Gasteiger partial charge in [-0.2, -0.15) is 0 Å². The highest BCUT2D eigenvalue weighted by Gasteiger charge is 2.31. The molecule has 2 unspecified atom stereocenters. The molecule has 1 aliphatic carbocycles. The summed E-state index contributed by atoms with van der Waals surface area (Å²) in [6.45, 7) is 4.56. The van der Waals surface area contributed by atoms with Gasteiger partial charge >= 0.3 is 0 Å². The first kappa shape index (κ1) is 12.1. The van der Waals surface area contributed by atoms with Crippen LogP contribution in [0.4, 0.5) is 0 Å². The van der Waals surface area contributed by atoms with Gasteiger partial charge in [-0.25, -0.2) is 0 Å². The van der Waals surface area contributed by atoms with E-state index in [-0.39, 0.29) is 5.54 Å². The van der Waals surface area contributed by atoms with Gasteiger partial charge in [0.05, 0.1) is 0 Å². The highest BCUT2D eigenvalue weighted by atomic mass is 32.1. The predicted molar refractivity (Wildman–Crippen MR) is 72.0 cm³/mol. The van der Waals surface area contributed by atoms with Gasteiger partial charge in [-0.1, -0.05) is 26.7 Å². The summed E-state index contributed by atoms with van der Waals surface area (Å²) in [6, 6.07) is 4.53.